The van der Waals surface area contributed by atoms with Crippen LogP contribution in [0.3, 0.4) is 0 Å². The van der Waals surface area contributed by atoms with Crippen molar-refractivity contribution in [1.29, 1.82) is 0 Å². The highest BCUT2D eigenvalue weighted by Crippen LogP contribution is 2.26. The Morgan fingerprint density at radius 1 is 1.07 bits per heavy atom. The van der Waals surface area contributed by atoms with Gasteiger partial charge < -0.3 is 19.5 Å². The molecule has 3 N–H and O–H groups in total. The SMILES string of the molecule is COC(=O)c1cccnc1NC(=S)NNC(=O)[C@H](C)Oc1ccccc1OC. The number of pyridine rings is 1. The summed E-state index contributed by atoms with van der Waals surface area (Å²) < 4.78 is 15.5. The molecule has 1 heterocycles. The van der Waals surface area contributed by atoms with Crippen molar-refractivity contribution >= 4 is 35.0 Å². The second-order valence-corrected chi connectivity index (χ2v) is 5.78. The van der Waals surface area contributed by atoms with Gasteiger partial charge in [0, 0.05) is 6.20 Å². The Morgan fingerprint density at radius 3 is 2.46 bits per heavy atom. The third-order valence-corrected chi connectivity index (χ3v) is 3.69. The maximum absolute atomic E-state index is 12.2. The number of amides is 1. The van der Waals surface area contributed by atoms with Crippen LogP contribution in [0, 0.1) is 0 Å². The Balaban J connectivity index is 1.90. The lowest BCUT2D eigenvalue weighted by Gasteiger charge is -2.18. The summed E-state index contributed by atoms with van der Waals surface area (Å²) in [7, 11) is 2.78. The summed E-state index contributed by atoms with van der Waals surface area (Å²) in [6.07, 6.45) is 0.658. The molecule has 0 fully saturated rings. The number of para-hydroxylation sites is 2. The van der Waals surface area contributed by atoms with Gasteiger partial charge in [-0.05, 0) is 43.4 Å². The van der Waals surface area contributed by atoms with Gasteiger partial charge in [-0.1, -0.05) is 12.1 Å². The molecule has 1 atom stereocenters. The van der Waals surface area contributed by atoms with Crippen molar-refractivity contribution in [3.63, 3.8) is 0 Å². The van der Waals surface area contributed by atoms with Crippen molar-refractivity contribution in [2.24, 2.45) is 0 Å². The molecule has 0 saturated carbocycles. The maximum atomic E-state index is 12.2. The molecule has 28 heavy (non-hydrogen) atoms. The number of anilines is 1. The minimum atomic E-state index is -0.827. The molecule has 0 aliphatic rings. The lowest BCUT2D eigenvalue weighted by atomic mass is 10.2. The van der Waals surface area contributed by atoms with Gasteiger partial charge in [0.05, 0.1) is 14.2 Å². The van der Waals surface area contributed by atoms with Crippen LogP contribution in [0.2, 0.25) is 0 Å². The van der Waals surface area contributed by atoms with Gasteiger partial charge in [-0.25, -0.2) is 9.78 Å². The summed E-state index contributed by atoms with van der Waals surface area (Å²) in [5.41, 5.74) is 5.15. The molecule has 0 spiro atoms. The molecule has 10 heteroatoms. The number of nitrogens with one attached hydrogen (secondary N) is 3. The summed E-state index contributed by atoms with van der Waals surface area (Å²) in [5, 5.41) is 2.75. The predicted molar refractivity (Wildman–Crippen MR) is 106 cm³/mol. The van der Waals surface area contributed by atoms with Crippen LogP contribution in [0.1, 0.15) is 17.3 Å². The third-order valence-electron chi connectivity index (χ3n) is 3.49. The van der Waals surface area contributed by atoms with Crippen LogP contribution >= 0.6 is 12.2 Å². The van der Waals surface area contributed by atoms with Crippen molar-refractivity contribution < 1.29 is 23.8 Å². The number of hydrazine groups is 1. The molecular weight excluding hydrogens is 384 g/mol. The molecule has 1 amide bonds. The van der Waals surface area contributed by atoms with Crippen LogP contribution in [0.25, 0.3) is 0 Å². The molecule has 0 aliphatic heterocycles. The van der Waals surface area contributed by atoms with E-state index in [9.17, 15) is 9.59 Å². The molecule has 1 aromatic heterocycles. The third kappa shape index (κ3) is 5.55. The molecule has 2 aromatic rings. The number of esters is 1. The van der Waals surface area contributed by atoms with E-state index in [0.29, 0.717) is 11.5 Å². The number of benzene rings is 1. The Bertz CT molecular complexity index is 861. The first-order valence-electron chi connectivity index (χ1n) is 8.16. The van der Waals surface area contributed by atoms with Gasteiger partial charge in [0.1, 0.15) is 11.4 Å². The highest BCUT2D eigenvalue weighted by molar-refractivity contribution is 7.80. The van der Waals surface area contributed by atoms with Gasteiger partial charge in [0.25, 0.3) is 5.91 Å². The normalized spacial score (nSPS) is 11.0. The molecule has 9 nitrogen and oxygen atoms in total. The van der Waals surface area contributed by atoms with E-state index >= 15 is 0 Å². The van der Waals surface area contributed by atoms with E-state index in [0.717, 1.165) is 0 Å². The number of thiocarbonyl (C=S) groups is 1. The Kier molecular flexibility index (Phi) is 7.52. The zero-order chi connectivity index (χ0) is 20.5. The standard InChI is InChI=1S/C18H20N4O5S/c1-11(27-14-9-5-4-8-13(14)25-2)16(23)21-22-18(28)20-15-12(17(24)26-3)7-6-10-19-15/h4-11H,1-3H3,(H,21,23)(H2,19,20,22,28)/t11-/m0/s1. The van der Waals surface area contributed by atoms with E-state index in [2.05, 4.69) is 25.9 Å². The Morgan fingerprint density at radius 2 is 1.79 bits per heavy atom. The second kappa shape index (κ2) is 10.1. The van der Waals surface area contributed by atoms with Crippen LogP contribution in [-0.4, -0.2) is 42.3 Å². The van der Waals surface area contributed by atoms with Gasteiger partial charge in [0.15, 0.2) is 22.7 Å². The minimum absolute atomic E-state index is 0.0293. The fourth-order valence-electron chi connectivity index (χ4n) is 2.10. The molecule has 0 aliphatic carbocycles. The van der Waals surface area contributed by atoms with Crippen molar-refractivity contribution in [2.45, 2.75) is 13.0 Å². The first-order valence-corrected chi connectivity index (χ1v) is 8.57. The number of carbonyl (C=O) groups is 2. The molecule has 0 saturated heterocycles. The fourth-order valence-corrected chi connectivity index (χ4v) is 2.25. The summed E-state index contributed by atoms with van der Waals surface area (Å²) in [6, 6.07) is 10.1. The largest absolute Gasteiger partial charge is 0.493 e. The van der Waals surface area contributed by atoms with Gasteiger partial charge in [-0.2, -0.15) is 0 Å². The number of hydrogen-bond donors (Lipinski definition) is 3. The van der Waals surface area contributed by atoms with Gasteiger partial charge in [-0.15, -0.1) is 0 Å². The predicted octanol–water partition coefficient (Wildman–Crippen LogP) is 1.66. The summed E-state index contributed by atoms with van der Waals surface area (Å²) in [6.45, 7) is 1.58. The zero-order valence-corrected chi connectivity index (χ0v) is 16.3. The molecule has 0 bridgehead atoms. The van der Waals surface area contributed by atoms with Crippen LogP contribution < -0.4 is 25.6 Å². The topological polar surface area (TPSA) is 111 Å². The van der Waals surface area contributed by atoms with Crippen molar-refractivity contribution in [3.05, 3.63) is 48.2 Å². The van der Waals surface area contributed by atoms with E-state index in [1.807, 2.05) is 0 Å². The molecular formula is C18H20N4O5S. The number of aromatic nitrogens is 1. The van der Waals surface area contributed by atoms with Gasteiger partial charge in [0.2, 0.25) is 0 Å². The average Bonchev–Trinajstić information content (AvgIpc) is 2.72. The average molecular weight is 404 g/mol. The number of rotatable bonds is 6. The number of nitrogens with zero attached hydrogens (tertiary/aromatic N) is 1. The molecule has 148 valence electrons. The van der Waals surface area contributed by atoms with Gasteiger partial charge >= 0.3 is 5.97 Å². The lowest BCUT2D eigenvalue weighted by molar-refractivity contribution is -0.127. The zero-order valence-electron chi connectivity index (χ0n) is 15.5. The monoisotopic (exact) mass is 404 g/mol. The molecule has 0 radical (unpaired) electrons. The van der Waals surface area contributed by atoms with Crippen molar-refractivity contribution in [2.75, 3.05) is 19.5 Å². The fraction of sp³-hybridized carbons (Fsp3) is 0.222. The second-order valence-electron chi connectivity index (χ2n) is 5.37. The Labute approximate surface area is 167 Å². The van der Waals surface area contributed by atoms with E-state index in [1.54, 1.807) is 37.3 Å². The lowest BCUT2D eigenvalue weighted by Crippen LogP contribution is -2.48. The quantitative estimate of drug-likeness (QED) is 0.376. The Hall–Kier alpha value is -3.40. The van der Waals surface area contributed by atoms with E-state index in [-0.39, 0.29) is 16.5 Å². The minimum Gasteiger partial charge on any atom is -0.493 e. The summed E-state index contributed by atoms with van der Waals surface area (Å²) >= 11 is 5.10. The summed E-state index contributed by atoms with van der Waals surface area (Å²) in [4.78, 5) is 28.0. The van der Waals surface area contributed by atoms with Crippen LogP contribution in [-0.2, 0) is 9.53 Å². The first kappa shape index (κ1) is 20.9. The van der Waals surface area contributed by atoms with Crippen LogP contribution in [0.5, 0.6) is 11.5 Å². The molecule has 1 aromatic carbocycles. The van der Waals surface area contributed by atoms with Crippen LogP contribution in [0.4, 0.5) is 5.82 Å². The smallest absolute Gasteiger partial charge is 0.341 e. The van der Waals surface area contributed by atoms with Crippen molar-refractivity contribution in [1.82, 2.24) is 15.8 Å². The number of ether oxygens (including phenoxy) is 3. The van der Waals surface area contributed by atoms with Gasteiger partial charge in [-0.3, -0.25) is 15.6 Å². The number of hydrogen-bond acceptors (Lipinski definition) is 7. The van der Waals surface area contributed by atoms with E-state index in [1.165, 1.54) is 26.5 Å². The number of carbonyl (C=O) groups excluding carboxylic acids is 2. The van der Waals surface area contributed by atoms with E-state index in [4.69, 9.17) is 21.7 Å². The molecule has 0 unspecified atom stereocenters. The van der Waals surface area contributed by atoms with Crippen molar-refractivity contribution in [3.8, 4) is 11.5 Å². The highest BCUT2D eigenvalue weighted by Gasteiger charge is 2.18. The van der Waals surface area contributed by atoms with E-state index < -0.39 is 18.0 Å². The number of methoxy groups -OCH3 is 2. The highest BCUT2D eigenvalue weighted by atomic mass is 32.1. The summed E-state index contributed by atoms with van der Waals surface area (Å²) in [5.74, 6) is 0.104. The maximum Gasteiger partial charge on any atom is 0.341 e. The molecule has 2 rings (SSSR count). The first-order chi connectivity index (χ1) is 13.5. The van der Waals surface area contributed by atoms with Crippen LogP contribution in [0.15, 0.2) is 42.6 Å².